The van der Waals surface area contributed by atoms with Crippen LogP contribution in [-0.2, 0) is 0 Å². The van der Waals surface area contributed by atoms with E-state index in [1.54, 1.807) is 22.7 Å². The Morgan fingerprint density at radius 2 is 1.22 bits per heavy atom. The van der Waals surface area contributed by atoms with Gasteiger partial charge in [0.2, 0.25) is 0 Å². The fourth-order valence-electron chi connectivity index (χ4n) is 2.63. The maximum atomic E-state index is 9.02. The van der Waals surface area contributed by atoms with Crippen LogP contribution in [0.2, 0.25) is 0 Å². The standard InChI is InChI=1S/C21H13N3S3/c1-24-10-8-14(9-11-24)16-2-4-18(25-16)20-6-7-21(27-20)19-5-3-17(26-19)15(12-22)13-23/h2-11H,1H3/b20-18-,21-19-. The smallest absolute Gasteiger partial charge is 0.146 e. The molecular weight excluding hydrogens is 390 g/mol. The van der Waals surface area contributed by atoms with Crippen molar-refractivity contribution >= 4 is 45.2 Å². The molecule has 0 aliphatic carbocycles. The number of nitrogens with zero attached hydrogens (tertiary/aromatic N) is 3. The highest BCUT2D eigenvalue weighted by Gasteiger charge is 2.00. The summed E-state index contributed by atoms with van der Waals surface area (Å²) >= 11 is 5.00. The maximum absolute atomic E-state index is 9.02. The van der Waals surface area contributed by atoms with Crippen LogP contribution in [0, 0.1) is 40.8 Å². The van der Waals surface area contributed by atoms with Gasteiger partial charge in [0.1, 0.15) is 17.7 Å². The second kappa shape index (κ2) is 7.38. The van der Waals surface area contributed by atoms with Crippen molar-refractivity contribution in [3.05, 3.63) is 88.1 Å². The van der Waals surface area contributed by atoms with Crippen LogP contribution in [0.1, 0.15) is 0 Å². The Kier molecular flexibility index (Phi) is 4.79. The molecule has 1 aliphatic rings. The van der Waals surface area contributed by atoms with Crippen molar-refractivity contribution < 1.29 is 0 Å². The van der Waals surface area contributed by atoms with Crippen LogP contribution in [0.3, 0.4) is 0 Å². The van der Waals surface area contributed by atoms with Crippen LogP contribution >= 0.6 is 34.0 Å². The summed E-state index contributed by atoms with van der Waals surface area (Å²) in [5.74, 6) is 0. The van der Waals surface area contributed by atoms with E-state index in [1.807, 2.05) is 36.2 Å². The first kappa shape index (κ1) is 17.5. The molecule has 0 amide bonds. The fraction of sp³-hybridized carbons (Fsp3) is 0.0476. The monoisotopic (exact) mass is 403 g/mol. The van der Waals surface area contributed by atoms with Crippen molar-refractivity contribution in [2.24, 2.45) is 0 Å². The lowest BCUT2D eigenvalue weighted by molar-refractivity contribution is 0.623. The number of hydrogen-bond donors (Lipinski definition) is 0. The fourth-order valence-corrected chi connectivity index (χ4v) is 5.78. The third-order valence-corrected chi connectivity index (χ3v) is 7.75. The van der Waals surface area contributed by atoms with Gasteiger partial charge in [0.25, 0.3) is 0 Å². The Morgan fingerprint density at radius 3 is 1.81 bits per heavy atom. The number of nitriles is 2. The molecule has 3 aromatic rings. The van der Waals surface area contributed by atoms with E-state index in [1.165, 1.54) is 30.5 Å². The predicted molar refractivity (Wildman–Crippen MR) is 112 cm³/mol. The van der Waals surface area contributed by atoms with Gasteiger partial charge in [0, 0.05) is 42.1 Å². The predicted octanol–water partition coefficient (Wildman–Crippen LogP) is 3.77. The van der Waals surface area contributed by atoms with Crippen molar-refractivity contribution in [3.63, 3.8) is 0 Å². The molecule has 0 N–H and O–H groups in total. The summed E-state index contributed by atoms with van der Waals surface area (Å²) in [5.41, 5.74) is 1.39. The molecule has 4 heterocycles. The quantitative estimate of drug-likeness (QED) is 0.574. The van der Waals surface area contributed by atoms with Crippen molar-refractivity contribution in [1.29, 1.82) is 10.5 Å². The lowest BCUT2D eigenvalue weighted by Crippen LogP contribution is -2.06. The Bertz CT molecular complexity index is 1440. The van der Waals surface area contributed by atoms with Crippen molar-refractivity contribution in [2.45, 2.75) is 0 Å². The third-order valence-electron chi connectivity index (χ3n) is 4.04. The summed E-state index contributed by atoms with van der Waals surface area (Å²) in [7, 11) is 2.01. The van der Waals surface area contributed by atoms with Gasteiger partial charge in [0.05, 0.1) is 4.53 Å². The molecular formula is C21H13N3S3. The van der Waals surface area contributed by atoms with Gasteiger partial charge in [-0.1, -0.05) is 0 Å². The Morgan fingerprint density at radius 1 is 0.741 bits per heavy atom. The summed E-state index contributed by atoms with van der Waals surface area (Å²) in [5, 5.41) is 18.0. The number of thiophene rings is 3. The maximum Gasteiger partial charge on any atom is 0.146 e. The van der Waals surface area contributed by atoms with Crippen LogP contribution in [0.25, 0.3) is 11.1 Å². The van der Waals surface area contributed by atoms with Crippen molar-refractivity contribution in [3.8, 4) is 12.1 Å². The highest BCUT2D eigenvalue weighted by molar-refractivity contribution is 7.13. The van der Waals surface area contributed by atoms with Gasteiger partial charge in [-0.3, -0.25) is 0 Å². The number of hydrogen-bond acceptors (Lipinski definition) is 6. The zero-order chi connectivity index (χ0) is 18.8. The van der Waals surface area contributed by atoms with E-state index < -0.39 is 0 Å². The minimum atomic E-state index is 0.169. The van der Waals surface area contributed by atoms with Gasteiger partial charge in [-0.2, -0.15) is 10.5 Å². The zero-order valence-electron chi connectivity index (χ0n) is 14.3. The average molecular weight is 404 g/mol. The number of allylic oxidation sites excluding steroid dienone is 2. The molecule has 0 radical (unpaired) electrons. The molecule has 4 rings (SSSR count). The largest absolute Gasteiger partial charge is 0.357 e. The van der Waals surface area contributed by atoms with Crippen LogP contribution < -0.4 is 9.06 Å². The highest BCUT2D eigenvalue weighted by atomic mass is 32.1. The van der Waals surface area contributed by atoms with E-state index in [0.717, 1.165) is 13.6 Å². The Balaban J connectivity index is 1.91. The van der Waals surface area contributed by atoms with E-state index in [-0.39, 0.29) is 5.57 Å². The summed E-state index contributed by atoms with van der Waals surface area (Å²) < 4.78 is 6.67. The summed E-state index contributed by atoms with van der Waals surface area (Å²) in [4.78, 5) is 2.03. The second-order valence-corrected chi connectivity index (χ2v) is 9.09. The molecule has 3 nitrogen and oxygen atoms in total. The molecule has 0 fully saturated rings. The molecule has 0 bridgehead atoms. The molecule has 0 spiro atoms. The average Bonchev–Trinajstić information content (AvgIpc) is 3.43. The molecule has 0 unspecified atom stereocenters. The lowest BCUT2D eigenvalue weighted by Gasteiger charge is -2.11. The van der Waals surface area contributed by atoms with Crippen molar-refractivity contribution in [1.82, 2.24) is 4.90 Å². The molecule has 0 saturated carbocycles. The van der Waals surface area contributed by atoms with E-state index >= 15 is 0 Å². The van der Waals surface area contributed by atoms with Gasteiger partial charge >= 0.3 is 0 Å². The van der Waals surface area contributed by atoms with Crippen LogP contribution in [0.4, 0.5) is 0 Å². The molecule has 27 heavy (non-hydrogen) atoms. The molecule has 3 aromatic heterocycles. The number of rotatable bonds is 0. The molecule has 0 atom stereocenters. The van der Waals surface area contributed by atoms with E-state index in [0.29, 0.717) is 0 Å². The Labute approximate surface area is 167 Å². The molecule has 0 saturated heterocycles. The summed E-state index contributed by atoms with van der Waals surface area (Å²) in [6, 6.07) is 16.3. The van der Waals surface area contributed by atoms with Gasteiger partial charge in [-0.25, -0.2) is 0 Å². The van der Waals surface area contributed by atoms with Crippen molar-refractivity contribution in [2.75, 3.05) is 7.05 Å². The highest BCUT2D eigenvalue weighted by Crippen LogP contribution is 2.14. The summed E-state index contributed by atoms with van der Waals surface area (Å²) in [6.07, 6.45) is 8.36. The van der Waals surface area contributed by atoms with Crippen LogP contribution in [0.15, 0.2) is 61.0 Å². The minimum Gasteiger partial charge on any atom is -0.357 e. The first-order valence-electron chi connectivity index (χ1n) is 8.11. The SMILES string of the molecule is CN1C=CC(=c2cc/c(=c3\cc/c(=c4\ccc(=C(C#N)C#N)s4)s3)s2)C=C1. The topological polar surface area (TPSA) is 50.8 Å². The van der Waals surface area contributed by atoms with E-state index in [9.17, 15) is 0 Å². The molecule has 0 aromatic carbocycles. The first-order chi connectivity index (χ1) is 13.2. The van der Waals surface area contributed by atoms with E-state index in [2.05, 4.69) is 48.8 Å². The van der Waals surface area contributed by atoms with Crippen LogP contribution in [-0.4, -0.2) is 11.9 Å². The summed E-state index contributed by atoms with van der Waals surface area (Å²) in [6.45, 7) is 0. The van der Waals surface area contributed by atoms with Crippen LogP contribution in [0.5, 0.6) is 0 Å². The van der Waals surface area contributed by atoms with Gasteiger partial charge in [-0.15, -0.1) is 34.0 Å². The second-order valence-electron chi connectivity index (χ2n) is 5.84. The van der Waals surface area contributed by atoms with Gasteiger partial charge < -0.3 is 4.90 Å². The third kappa shape index (κ3) is 3.51. The normalized spacial score (nSPS) is 15.5. The first-order valence-corrected chi connectivity index (χ1v) is 10.6. The Hall–Kier alpha value is -2.90. The van der Waals surface area contributed by atoms with Gasteiger partial charge in [-0.05, 0) is 54.1 Å². The molecule has 130 valence electrons. The zero-order valence-corrected chi connectivity index (χ0v) is 16.8. The molecule has 1 aliphatic heterocycles. The van der Waals surface area contributed by atoms with Gasteiger partial charge in [0.15, 0.2) is 0 Å². The minimum absolute atomic E-state index is 0.169. The van der Waals surface area contributed by atoms with E-state index in [4.69, 9.17) is 10.5 Å². The lowest BCUT2D eigenvalue weighted by atomic mass is 10.2. The molecule has 6 heteroatoms.